The van der Waals surface area contributed by atoms with Crippen LogP contribution in [0.2, 0.25) is 0 Å². The van der Waals surface area contributed by atoms with Gasteiger partial charge in [0.25, 0.3) is 5.91 Å². The first-order chi connectivity index (χ1) is 13.9. The smallest absolute Gasteiger partial charge is 0.255 e. The van der Waals surface area contributed by atoms with Gasteiger partial charge >= 0.3 is 0 Å². The molecular formula is C21H23N5O3. The second-order valence-corrected chi connectivity index (χ2v) is 8.07. The minimum absolute atomic E-state index is 0.0737. The van der Waals surface area contributed by atoms with Crippen LogP contribution in [0.3, 0.4) is 0 Å². The first kappa shape index (κ1) is 19.1. The van der Waals surface area contributed by atoms with E-state index in [-0.39, 0.29) is 17.2 Å². The summed E-state index contributed by atoms with van der Waals surface area (Å²) in [7, 11) is 0. The summed E-state index contributed by atoms with van der Waals surface area (Å²) >= 11 is 0. The number of amides is 2. The molecule has 0 N–H and O–H groups in total. The predicted octanol–water partition coefficient (Wildman–Crippen LogP) is 2.21. The molecule has 0 atom stereocenters. The van der Waals surface area contributed by atoms with Crippen LogP contribution >= 0.6 is 0 Å². The Balaban J connectivity index is 1.39. The number of aryl methyl sites for hydroxylation is 2. The van der Waals surface area contributed by atoms with Crippen LogP contribution in [-0.4, -0.2) is 51.4 Å². The number of hydrogen-bond acceptors (Lipinski definition) is 6. The van der Waals surface area contributed by atoms with Crippen LogP contribution in [0, 0.1) is 30.6 Å². The van der Waals surface area contributed by atoms with E-state index < -0.39 is 0 Å². The minimum Gasteiger partial charge on any atom is -0.361 e. The van der Waals surface area contributed by atoms with Crippen molar-refractivity contribution in [3.63, 3.8) is 0 Å². The monoisotopic (exact) mass is 393 g/mol. The van der Waals surface area contributed by atoms with Gasteiger partial charge in [0, 0.05) is 43.2 Å². The highest BCUT2D eigenvalue weighted by molar-refractivity contribution is 5.94. The number of carbonyl (C=O) groups excluding carboxylic acids is 2. The third-order valence-electron chi connectivity index (χ3n) is 6.17. The summed E-state index contributed by atoms with van der Waals surface area (Å²) in [5, 5.41) is 12.8. The fraction of sp³-hybridized carbons (Fsp3) is 0.476. The molecule has 2 fully saturated rings. The molecule has 2 aromatic heterocycles. The highest BCUT2D eigenvalue weighted by Gasteiger charge is 2.45. The van der Waals surface area contributed by atoms with Crippen molar-refractivity contribution in [3.05, 3.63) is 46.6 Å². The Kier molecular flexibility index (Phi) is 4.82. The molecule has 0 aliphatic carbocycles. The SMILES string of the molecule is Cc1noc(C)c1CN1CC2(CCN(C(=O)c3ccc(C#N)nc3)CC2)CC1=O. The van der Waals surface area contributed by atoms with Crippen LogP contribution < -0.4 is 0 Å². The van der Waals surface area contributed by atoms with Crippen molar-refractivity contribution in [3.8, 4) is 6.07 Å². The third-order valence-corrected chi connectivity index (χ3v) is 6.17. The van der Waals surface area contributed by atoms with Crippen molar-refractivity contribution in [1.29, 1.82) is 5.26 Å². The molecule has 0 bridgehead atoms. The van der Waals surface area contributed by atoms with Gasteiger partial charge in [-0.1, -0.05) is 5.16 Å². The van der Waals surface area contributed by atoms with Gasteiger partial charge < -0.3 is 14.3 Å². The average Bonchev–Trinajstić information content (AvgIpc) is 3.21. The van der Waals surface area contributed by atoms with Gasteiger partial charge in [-0.15, -0.1) is 0 Å². The lowest BCUT2D eigenvalue weighted by Crippen LogP contribution is -2.44. The Morgan fingerprint density at radius 2 is 2.07 bits per heavy atom. The maximum atomic E-state index is 12.7. The first-order valence-corrected chi connectivity index (χ1v) is 9.76. The fourth-order valence-electron chi connectivity index (χ4n) is 4.33. The van der Waals surface area contributed by atoms with Crippen molar-refractivity contribution in [1.82, 2.24) is 19.9 Å². The number of rotatable bonds is 3. The van der Waals surface area contributed by atoms with E-state index in [0.717, 1.165) is 29.9 Å². The predicted molar refractivity (Wildman–Crippen MR) is 103 cm³/mol. The second-order valence-electron chi connectivity index (χ2n) is 8.07. The van der Waals surface area contributed by atoms with Gasteiger partial charge in [-0.2, -0.15) is 5.26 Å². The summed E-state index contributed by atoms with van der Waals surface area (Å²) in [6.07, 6.45) is 3.57. The van der Waals surface area contributed by atoms with Crippen LogP contribution in [0.25, 0.3) is 0 Å². The Morgan fingerprint density at radius 3 is 2.66 bits per heavy atom. The van der Waals surface area contributed by atoms with E-state index in [1.807, 2.05) is 29.7 Å². The zero-order valence-corrected chi connectivity index (χ0v) is 16.6. The maximum absolute atomic E-state index is 12.7. The van der Waals surface area contributed by atoms with Gasteiger partial charge in [-0.25, -0.2) is 4.98 Å². The molecule has 4 heterocycles. The Hall–Kier alpha value is -3.21. The van der Waals surface area contributed by atoms with Crippen LogP contribution in [0.15, 0.2) is 22.9 Å². The van der Waals surface area contributed by atoms with E-state index in [0.29, 0.717) is 43.9 Å². The molecule has 150 valence electrons. The highest BCUT2D eigenvalue weighted by atomic mass is 16.5. The summed E-state index contributed by atoms with van der Waals surface area (Å²) in [6, 6.07) is 5.15. The molecular weight excluding hydrogens is 370 g/mol. The molecule has 8 heteroatoms. The third kappa shape index (κ3) is 3.60. The normalized spacial score (nSPS) is 18.3. The average molecular weight is 393 g/mol. The van der Waals surface area contributed by atoms with Gasteiger partial charge in [0.1, 0.15) is 17.5 Å². The topological polar surface area (TPSA) is 103 Å². The standard InChI is InChI=1S/C21H23N5O3/c1-14-18(15(2)29-24-14)12-26-13-21(9-19(26)27)5-7-25(8-6-21)20(28)16-3-4-17(10-22)23-11-16/h3-4,11H,5-9,12-13H2,1-2H3. The maximum Gasteiger partial charge on any atom is 0.255 e. The molecule has 4 rings (SSSR count). The Labute approximate surface area is 169 Å². The number of pyridine rings is 1. The van der Waals surface area contributed by atoms with E-state index in [1.54, 1.807) is 12.1 Å². The van der Waals surface area contributed by atoms with Crippen LogP contribution in [0.5, 0.6) is 0 Å². The van der Waals surface area contributed by atoms with Gasteiger partial charge in [0.2, 0.25) is 5.91 Å². The van der Waals surface area contributed by atoms with E-state index in [9.17, 15) is 9.59 Å². The van der Waals surface area contributed by atoms with Crippen molar-refractivity contribution in [2.24, 2.45) is 5.41 Å². The van der Waals surface area contributed by atoms with E-state index in [2.05, 4.69) is 10.1 Å². The Morgan fingerprint density at radius 1 is 1.31 bits per heavy atom. The van der Waals surface area contributed by atoms with E-state index in [4.69, 9.17) is 9.78 Å². The number of nitriles is 1. The zero-order chi connectivity index (χ0) is 20.6. The molecule has 8 nitrogen and oxygen atoms in total. The van der Waals surface area contributed by atoms with Crippen LogP contribution in [-0.2, 0) is 11.3 Å². The molecule has 2 amide bonds. The second kappa shape index (κ2) is 7.32. The van der Waals surface area contributed by atoms with E-state index >= 15 is 0 Å². The summed E-state index contributed by atoms with van der Waals surface area (Å²) in [5.41, 5.74) is 2.52. The molecule has 0 unspecified atom stereocenters. The molecule has 29 heavy (non-hydrogen) atoms. The minimum atomic E-state index is -0.0752. The highest BCUT2D eigenvalue weighted by Crippen LogP contribution is 2.42. The van der Waals surface area contributed by atoms with Crippen molar-refractivity contribution in [2.45, 2.75) is 39.7 Å². The number of nitrogens with zero attached hydrogens (tertiary/aromatic N) is 5. The lowest BCUT2D eigenvalue weighted by Gasteiger charge is -2.38. The molecule has 0 aromatic carbocycles. The number of likely N-dealkylation sites (tertiary alicyclic amines) is 2. The molecule has 2 aromatic rings. The number of piperidine rings is 1. The first-order valence-electron chi connectivity index (χ1n) is 9.76. The van der Waals surface area contributed by atoms with Gasteiger partial charge in [0.15, 0.2) is 0 Å². The number of hydrogen-bond donors (Lipinski definition) is 0. The van der Waals surface area contributed by atoms with Crippen molar-refractivity contribution in [2.75, 3.05) is 19.6 Å². The van der Waals surface area contributed by atoms with Crippen LogP contribution in [0.4, 0.5) is 0 Å². The van der Waals surface area contributed by atoms with Crippen LogP contribution in [0.1, 0.15) is 52.3 Å². The summed E-state index contributed by atoms with van der Waals surface area (Å²) in [6.45, 7) is 6.23. The van der Waals surface area contributed by atoms with Gasteiger partial charge in [0.05, 0.1) is 17.8 Å². The molecule has 2 aliphatic rings. The molecule has 2 saturated heterocycles. The van der Waals surface area contributed by atoms with Gasteiger partial charge in [-0.05, 0) is 38.8 Å². The molecule has 0 saturated carbocycles. The number of carbonyl (C=O) groups is 2. The van der Waals surface area contributed by atoms with Crippen molar-refractivity contribution < 1.29 is 14.1 Å². The van der Waals surface area contributed by atoms with E-state index in [1.165, 1.54) is 6.20 Å². The molecule has 0 radical (unpaired) electrons. The molecule has 1 spiro atoms. The fourth-order valence-corrected chi connectivity index (χ4v) is 4.33. The molecule has 2 aliphatic heterocycles. The summed E-state index contributed by atoms with van der Waals surface area (Å²) in [5.74, 6) is 0.836. The lowest BCUT2D eigenvalue weighted by molar-refractivity contribution is -0.128. The van der Waals surface area contributed by atoms with Crippen molar-refractivity contribution >= 4 is 11.8 Å². The van der Waals surface area contributed by atoms with Gasteiger partial charge in [-0.3, -0.25) is 9.59 Å². The summed E-state index contributed by atoms with van der Waals surface area (Å²) in [4.78, 5) is 33.1. The summed E-state index contributed by atoms with van der Waals surface area (Å²) < 4.78 is 5.22. The zero-order valence-electron chi connectivity index (χ0n) is 16.6. The lowest BCUT2D eigenvalue weighted by atomic mass is 9.77. The quantitative estimate of drug-likeness (QED) is 0.792. The number of aromatic nitrogens is 2. The largest absolute Gasteiger partial charge is 0.361 e. The Bertz CT molecular complexity index is 961.